The molecule has 0 spiro atoms. The summed E-state index contributed by atoms with van der Waals surface area (Å²) in [4.78, 5) is 33.0. The first-order valence-corrected chi connectivity index (χ1v) is 13.5. The molecule has 0 bridgehead atoms. The molecule has 1 aliphatic heterocycles. The molecular formula is C23H20ClN5O5S2. The molecule has 2 aromatic heterocycles. The second-order valence-electron chi connectivity index (χ2n) is 8.68. The largest absolute Gasteiger partial charge is 0.481 e. The monoisotopic (exact) mass is 545 g/mol. The van der Waals surface area contributed by atoms with Gasteiger partial charge in [-0.1, -0.05) is 23.7 Å². The maximum Gasteiger partial charge on any atom is 0.305 e. The molecule has 0 aliphatic carbocycles. The Balaban J connectivity index is 1.43. The first kappa shape index (κ1) is 24.4. The van der Waals surface area contributed by atoms with E-state index in [1.54, 1.807) is 36.4 Å². The molecule has 2 aromatic carbocycles. The van der Waals surface area contributed by atoms with E-state index < -0.39 is 39.0 Å². The van der Waals surface area contributed by atoms with E-state index in [2.05, 4.69) is 20.6 Å². The molecule has 1 fully saturated rings. The first-order valence-electron chi connectivity index (χ1n) is 10.8. The molecule has 3 heterocycles. The zero-order chi connectivity index (χ0) is 25.7. The van der Waals surface area contributed by atoms with E-state index >= 15 is 0 Å². The van der Waals surface area contributed by atoms with Gasteiger partial charge in [0.05, 0.1) is 17.5 Å². The SMILES string of the molecule is Nc1ncnc2cc(CC3(CC(=O)O)CN[C@@H](S(=O)(=O)c4cc5ccc(Cl)cc5s4)C(=O)N3)ccc12. The topological polar surface area (TPSA) is 164 Å². The molecule has 0 radical (unpaired) electrons. The van der Waals surface area contributed by atoms with E-state index in [-0.39, 0.29) is 17.2 Å². The standard InChI is InChI=1S/C23H20ClN5O5S2/c24-14-3-2-13-6-19(35-17(13)7-14)36(33,34)22-21(32)29-23(10-26-22,9-18(30)31)8-12-1-4-15-16(5-12)27-11-28-20(15)25/h1-7,11,22,26H,8-10H2,(H,29,32)(H,30,31)(H2,25,27,28)/t22-,23?/m0/s1. The molecule has 36 heavy (non-hydrogen) atoms. The summed E-state index contributed by atoms with van der Waals surface area (Å²) in [5, 5.41) is 15.3. The number of aromatic nitrogens is 2. The lowest BCUT2D eigenvalue weighted by Gasteiger charge is -2.40. The van der Waals surface area contributed by atoms with Gasteiger partial charge in [0, 0.05) is 21.7 Å². The van der Waals surface area contributed by atoms with Crippen molar-refractivity contribution in [3.8, 4) is 0 Å². The number of nitrogens with zero attached hydrogens (tertiary/aromatic N) is 2. The number of fused-ring (bicyclic) bond motifs is 2. The third-order valence-corrected chi connectivity index (χ3v) is 9.82. The van der Waals surface area contributed by atoms with Gasteiger partial charge in [-0.2, -0.15) is 0 Å². The van der Waals surface area contributed by atoms with Gasteiger partial charge in [0.25, 0.3) is 5.91 Å². The van der Waals surface area contributed by atoms with Crippen molar-refractivity contribution in [2.75, 3.05) is 12.3 Å². The van der Waals surface area contributed by atoms with Gasteiger partial charge in [0.2, 0.25) is 9.84 Å². The number of piperazine rings is 1. The molecule has 1 aliphatic rings. The Morgan fingerprint density at radius 3 is 2.78 bits per heavy atom. The molecule has 13 heteroatoms. The number of benzene rings is 2. The lowest BCUT2D eigenvalue weighted by Crippen LogP contribution is -2.69. The summed E-state index contributed by atoms with van der Waals surface area (Å²) in [6.45, 7) is -0.0738. The van der Waals surface area contributed by atoms with Gasteiger partial charge >= 0.3 is 5.97 Å². The van der Waals surface area contributed by atoms with Crippen LogP contribution in [0.5, 0.6) is 0 Å². The van der Waals surface area contributed by atoms with Gasteiger partial charge < -0.3 is 16.2 Å². The number of nitrogens with one attached hydrogen (secondary N) is 2. The van der Waals surface area contributed by atoms with Gasteiger partial charge in [0.15, 0.2) is 5.37 Å². The van der Waals surface area contributed by atoms with Crippen LogP contribution in [-0.2, 0) is 25.8 Å². The van der Waals surface area contributed by atoms with Gasteiger partial charge in [0.1, 0.15) is 16.4 Å². The number of amides is 1. The number of carboxylic acid groups (broad SMARTS) is 1. The molecule has 5 rings (SSSR count). The second kappa shape index (κ2) is 8.96. The van der Waals surface area contributed by atoms with Crippen molar-refractivity contribution >= 4 is 71.5 Å². The van der Waals surface area contributed by atoms with Crippen LogP contribution < -0.4 is 16.4 Å². The maximum atomic E-state index is 13.3. The Hall–Kier alpha value is -3.32. The lowest BCUT2D eigenvalue weighted by molar-refractivity contribution is -0.139. The summed E-state index contributed by atoms with van der Waals surface area (Å²) in [7, 11) is -4.10. The number of thiophene rings is 1. The van der Waals surface area contributed by atoms with E-state index in [0.717, 1.165) is 11.3 Å². The molecule has 1 amide bonds. The predicted octanol–water partition coefficient (Wildman–Crippen LogP) is 2.36. The number of aliphatic carboxylic acids is 1. The molecule has 1 saturated heterocycles. The fourth-order valence-electron chi connectivity index (χ4n) is 4.43. The number of carbonyl (C=O) groups is 2. The summed E-state index contributed by atoms with van der Waals surface area (Å²) in [5.41, 5.74) is 5.90. The zero-order valence-electron chi connectivity index (χ0n) is 18.6. The molecule has 10 nitrogen and oxygen atoms in total. The van der Waals surface area contributed by atoms with Gasteiger partial charge in [-0.25, -0.2) is 18.4 Å². The van der Waals surface area contributed by atoms with E-state index in [1.807, 2.05) is 0 Å². The van der Waals surface area contributed by atoms with Crippen molar-refractivity contribution in [1.82, 2.24) is 20.6 Å². The van der Waals surface area contributed by atoms with Crippen LogP contribution in [-0.4, -0.2) is 52.8 Å². The number of halogens is 1. The molecular weight excluding hydrogens is 526 g/mol. The second-order valence-corrected chi connectivity index (χ2v) is 12.5. The summed E-state index contributed by atoms with van der Waals surface area (Å²) >= 11 is 7.03. The highest BCUT2D eigenvalue weighted by Gasteiger charge is 2.46. The summed E-state index contributed by atoms with van der Waals surface area (Å²) in [5.74, 6) is -1.63. The molecule has 4 aromatic rings. The fraction of sp³-hybridized carbons (Fsp3) is 0.217. The number of hydrogen-bond acceptors (Lipinski definition) is 9. The van der Waals surface area contributed by atoms with E-state index in [4.69, 9.17) is 17.3 Å². The van der Waals surface area contributed by atoms with E-state index in [9.17, 15) is 23.1 Å². The Kier molecular flexibility index (Phi) is 6.07. The van der Waals surface area contributed by atoms with Crippen LogP contribution in [0.2, 0.25) is 5.02 Å². The van der Waals surface area contributed by atoms with Crippen LogP contribution in [0.1, 0.15) is 12.0 Å². The van der Waals surface area contributed by atoms with Gasteiger partial charge in [-0.15, -0.1) is 11.3 Å². The highest BCUT2D eigenvalue weighted by molar-refractivity contribution is 7.94. The number of hydrogen-bond donors (Lipinski definition) is 4. The predicted molar refractivity (Wildman–Crippen MR) is 137 cm³/mol. The fourth-order valence-corrected chi connectivity index (χ4v) is 7.69. The van der Waals surface area contributed by atoms with Crippen LogP contribution in [0.25, 0.3) is 21.0 Å². The number of sulfone groups is 1. The van der Waals surface area contributed by atoms with Crippen LogP contribution in [0.3, 0.4) is 0 Å². The average molecular weight is 546 g/mol. The van der Waals surface area contributed by atoms with Crippen LogP contribution in [0, 0.1) is 0 Å². The summed E-state index contributed by atoms with van der Waals surface area (Å²) in [6, 6.07) is 11.8. The Bertz CT molecular complexity index is 1640. The highest BCUT2D eigenvalue weighted by Crippen LogP contribution is 2.34. The van der Waals surface area contributed by atoms with Crippen molar-refractivity contribution in [3.05, 3.63) is 59.4 Å². The average Bonchev–Trinajstić information content (AvgIpc) is 3.22. The third-order valence-electron chi connectivity index (χ3n) is 6.07. The molecule has 2 atom stereocenters. The van der Waals surface area contributed by atoms with Crippen molar-refractivity contribution in [3.63, 3.8) is 0 Å². The smallest absolute Gasteiger partial charge is 0.305 e. The van der Waals surface area contributed by atoms with Crippen molar-refractivity contribution in [2.24, 2.45) is 0 Å². The Morgan fingerprint density at radius 1 is 1.22 bits per heavy atom. The van der Waals surface area contributed by atoms with E-state index in [1.165, 1.54) is 12.4 Å². The molecule has 5 N–H and O–H groups in total. The van der Waals surface area contributed by atoms with Crippen LogP contribution >= 0.6 is 22.9 Å². The van der Waals surface area contributed by atoms with Crippen molar-refractivity contribution in [1.29, 1.82) is 0 Å². The zero-order valence-corrected chi connectivity index (χ0v) is 21.0. The Morgan fingerprint density at radius 2 is 2.03 bits per heavy atom. The van der Waals surface area contributed by atoms with Crippen LogP contribution in [0.4, 0.5) is 5.82 Å². The first-order chi connectivity index (χ1) is 17.1. The molecule has 186 valence electrons. The number of carbonyl (C=O) groups excluding carboxylic acids is 1. The minimum absolute atomic E-state index is 0.0185. The lowest BCUT2D eigenvalue weighted by atomic mass is 9.85. The summed E-state index contributed by atoms with van der Waals surface area (Å²) < 4.78 is 27.4. The summed E-state index contributed by atoms with van der Waals surface area (Å²) in [6.07, 6.45) is 1.05. The highest BCUT2D eigenvalue weighted by atomic mass is 35.5. The quantitative estimate of drug-likeness (QED) is 0.284. The van der Waals surface area contributed by atoms with Crippen LogP contribution in [0.15, 0.2) is 53.0 Å². The maximum absolute atomic E-state index is 13.3. The van der Waals surface area contributed by atoms with Crippen molar-refractivity contribution in [2.45, 2.75) is 28.0 Å². The van der Waals surface area contributed by atoms with Gasteiger partial charge in [-0.3, -0.25) is 14.9 Å². The normalized spacial score (nSPS) is 20.5. The number of nitrogen functional groups attached to an aromatic ring is 1. The Labute approximate surface area is 214 Å². The number of nitrogens with two attached hydrogens (primary N) is 1. The number of rotatable bonds is 6. The number of carboxylic acids is 1. The number of anilines is 1. The molecule has 0 saturated carbocycles. The van der Waals surface area contributed by atoms with Crippen molar-refractivity contribution < 1.29 is 23.1 Å². The molecule has 1 unspecified atom stereocenters. The van der Waals surface area contributed by atoms with E-state index in [0.29, 0.717) is 37.4 Å². The minimum atomic E-state index is -4.10. The van der Waals surface area contributed by atoms with Gasteiger partial charge in [-0.05, 0) is 47.7 Å². The minimum Gasteiger partial charge on any atom is -0.481 e. The third kappa shape index (κ3) is 4.48.